The molecule has 4 N–H and O–H groups in total. The Bertz CT molecular complexity index is 514. The van der Waals surface area contributed by atoms with Gasteiger partial charge in [0.15, 0.2) is 0 Å². The van der Waals surface area contributed by atoms with Gasteiger partial charge in [-0.15, -0.1) is 0 Å². The molecule has 2 aromatic rings. The summed E-state index contributed by atoms with van der Waals surface area (Å²) in [5.41, 5.74) is 12.5. The molecule has 0 spiro atoms. The number of halogens is 1. The number of para-hydroxylation sites is 2. The van der Waals surface area contributed by atoms with Crippen molar-refractivity contribution in [3.63, 3.8) is 0 Å². The van der Waals surface area contributed by atoms with Crippen molar-refractivity contribution < 1.29 is 4.74 Å². The fraction of sp³-hybridized carbons (Fsp3) is 0. The van der Waals surface area contributed by atoms with Crippen LogP contribution in [0.15, 0.2) is 42.5 Å². The molecule has 0 fully saturated rings. The minimum absolute atomic E-state index is 0.461. The maximum Gasteiger partial charge on any atom is 0.150 e. The third-order valence-corrected chi connectivity index (χ3v) is 2.39. The highest BCUT2D eigenvalue weighted by molar-refractivity contribution is 6.32. The first-order valence-corrected chi connectivity index (χ1v) is 5.12. The molecule has 0 atom stereocenters. The molecule has 16 heavy (non-hydrogen) atoms. The Balaban J connectivity index is 2.31. The van der Waals surface area contributed by atoms with Crippen LogP contribution in [-0.2, 0) is 0 Å². The topological polar surface area (TPSA) is 61.3 Å². The number of benzene rings is 2. The Morgan fingerprint density at radius 1 is 0.938 bits per heavy atom. The van der Waals surface area contributed by atoms with Gasteiger partial charge >= 0.3 is 0 Å². The zero-order valence-corrected chi connectivity index (χ0v) is 9.24. The maximum atomic E-state index is 5.99. The normalized spacial score (nSPS) is 10.1. The van der Waals surface area contributed by atoms with Crippen LogP contribution in [0.4, 0.5) is 11.4 Å². The lowest BCUT2D eigenvalue weighted by molar-refractivity contribution is 0.485. The van der Waals surface area contributed by atoms with Crippen LogP contribution in [0.25, 0.3) is 0 Å². The molecule has 0 unspecified atom stereocenters. The highest BCUT2D eigenvalue weighted by Crippen LogP contribution is 2.33. The summed E-state index contributed by atoms with van der Waals surface area (Å²) in [7, 11) is 0. The van der Waals surface area contributed by atoms with Gasteiger partial charge in [-0.2, -0.15) is 0 Å². The molecule has 2 aromatic carbocycles. The molecular formula is C12H11ClN2O. The molecule has 0 aliphatic carbocycles. The van der Waals surface area contributed by atoms with Gasteiger partial charge in [-0.1, -0.05) is 23.7 Å². The van der Waals surface area contributed by atoms with Gasteiger partial charge in [0.1, 0.15) is 11.5 Å². The van der Waals surface area contributed by atoms with E-state index in [-0.39, 0.29) is 0 Å². The van der Waals surface area contributed by atoms with Gasteiger partial charge in [-0.25, -0.2) is 0 Å². The summed E-state index contributed by atoms with van der Waals surface area (Å²) in [4.78, 5) is 0. The van der Waals surface area contributed by atoms with E-state index in [1.807, 2.05) is 12.1 Å². The lowest BCUT2D eigenvalue weighted by atomic mass is 10.3. The van der Waals surface area contributed by atoms with E-state index in [1.54, 1.807) is 30.3 Å². The van der Waals surface area contributed by atoms with Crippen molar-refractivity contribution in [1.82, 2.24) is 0 Å². The van der Waals surface area contributed by atoms with Crippen LogP contribution in [0, 0.1) is 0 Å². The highest BCUT2D eigenvalue weighted by Gasteiger charge is 2.05. The predicted octanol–water partition coefficient (Wildman–Crippen LogP) is 3.30. The van der Waals surface area contributed by atoms with E-state index in [9.17, 15) is 0 Å². The molecule has 2 rings (SSSR count). The summed E-state index contributed by atoms with van der Waals surface area (Å²) in [6.07, 6.45) is 0. The molecule has 0 aliphatic heterocycles. The lowest BCUT2D eigenvalue weighted by Crippen LogP contribution is -1.92. The molecule has 0 saturated carbocycles. The van der Waals surface area contributed by atoms with E-state index in [2.05, 4.69) is 0 Å². The van der Waals surface area contributed by atoms with Crippen LogP contribution < -0.4 is 16.2 Å². The summed E-state index contributed by atoms with van der Waals surface area (Å²) in [6.45, 7) is 0. The highest BCUT2D eigenvalue weighted by atomic mass is 35.5. The first kappa shape index (κ1) is 10.6. The molecule has 0 amide bonds. The number of anilines is 2. The van der Waals surface area contributed by atoms with E-state index in [1.165, 1.54) is 0 Å². The molecule has 0 radical (unpaired) electrons. The van der Waals surface area contributed by atoms with Crippen LogP contribution in [0.5, 0.6) is 11.5 Å². The van der Waals surface area contributed by atoms with E-state index >= 15 is 0 Å². The van der Waals surface area contributed by atoms with Crippen molar-refractivity contribution in [2.75, 3.05) is 11.5 Å². The van der Waals surface area contributed by atoms with Gasteiger partial charge in [0.2, 0.25) is 0 Å². The first-order chi connectivity index (χ1) is 7.66. The number of nitrogen functional groups attached to an aromatic ring is 2. The lowest BCUT2D eigenvalue weighted by Gasteiger charge is -2.09. The van der Waals surface area contributed by atoms with Crippen LogP contribution in [0.1, 0.15) is 0 Å². The summed E-state index contributed by atoms with van der Waals surface area (Å²) in [5.74, 6) is 1.11. The second-order valence-corrected chi connectivity index (χ2v) is 3.74. The van der Waals surface area contributed by atoms with Crippen molar-refractivity contribution in [3.8, 4) is 11.5 Å². The van der Waals surface area contributed by atoms with Crippen LogP contribution >= 0.6 is 11.6 Å². The Morgan fingerprint density at radius 2 is 1.69 bits per heavy atom. The third-order valence-electron chi connectivity index (χ3n) is 2.09. The van der Waals surface area contributed by atoms with Crippen molar-refractivity contribution in [1.29, 1.82) is 0 Å². The van der Waals surface area contributed by atoms with E-state index in [0.717, 1.165) is 0 Å². The average Bonchev–Trinajstić information content (AvgIpc) is 2.25. The fourth-order valence-corrected chi connectivity index (χ4v) is 1.52. The van der Waals surface area contributed by atoms with Crippen LogP contribution in [-0.4, -0.2) is 0 Å². The molecule has 0 bridgehead atoms. The fourth-order valence-electron chi connectivity index (χ4n) is 1.29. The monoisotopic (exact) mass is 234 g/mol. The first-order valence-electron chi connectivity index (χ1n) is 4.74. The van der Waals surface area contributed by atoms with Crippen molar-refractivity contribution in [2.45, 2.75) is 0 Å². The van der Waals surface area contributed by atoms with Crippen molar-refractivity contribution in [3.05, 3.63) is 47.5 Å². The van der Waals surface area contributed by atoms with Gasteiger partial charge in [-0.3, -0.25) is 0 Å². The van der Waals surface area contributed by atoms with Crippen molar-refractivity contribution >= 4 is 23.0 Å². The van der Waals surface area contributed by atoms with Crippen LogP contribution in [0.2, 0.25) is 5.02 Å². The van der Waals surface area contributed by atoms with E-state index < -0.39 is 0 Å². The van der Waals surface area contributed by atoms with Gasteiger partial charge in [0, 0.05) is 5.69 Å². The van der Waals surface area contributed by atoms with Gasteiger partial charge in [0.05, 0.1) is 10.7 Å². The molecule has 4 heteroatoms. The van der Waals surface area contributed by atoms with E-state index in [4.69, 9.17) is 27.8 Å². The second-order valence-electron chi connectivity index (χ2n) is 3.33. The third kappa shape index (κ3) is 2.20. The van der Waals surface area contributed by atoms with E-state index in [0.29, 0.717) is 27.9 Å². The summed E-state index contributed by atoms with van der Waals surface area (Å²) < 4.78 is 5.58. The number of hydrogen-bond donors (Lipinski definition) is 2. The molecular weight excluding hydrogens is 224 g/mol. The Morgan fingerprint density at radius 3 is 2.38 bits per heavy atom. The standard InChI is InChI=1S/C12H11ClN2O/c13-9-7-8(14)5-6-11(9)16-12-4-2-1-3-10(12)15/h1-7H,14-15H2. The largest absolute Gasteiger partial charge is 0.454 e. The van der Waals surface area contributed by atoms with Gasteiger partial charge in [-0.05, 0) is 30.3 Å². The second kappa shape index (κ2) is 4.33. The molecule has 0 aromatic heterocycles. The minimum atomic E-state index is 0.461. The number of rotatable bonds is 2. The SMILES string of the molecule is Nc1ccc(Oc2ccccc2N)c(Cl)c1. The van der Waals surface area contributed by atoms with Gasteiger partial charge < -0.3 is 16.2 Å². The summed E-state index contributed by atoms with van der Waals surface area (Å²) in [5, 5.41) is 0.461. The Hall–Kier alpha value is -1.87. The maximum absolute atomic E-state index is 5.99. The van der Waals surface area contributed by atoms with Crippen LogP contribution in [0.3, 0.4) is 0 Å². The molecule has 0 heterocycles. The number of nitrogens with two attached hydrogens (primary N) is 2. The molecule has 0 aliphatic rings. The Labute approximate surface area is 98.6 Å². The Kier molecular flexibility index (Phi) is 2.88. The molecule has 0 saturated heterocycles. The zero-order chi connectivity index (χ0) is 11.5. The zero-order valence-electron chi connectivity index (χ0n) is 8.48. The smallest absolute Gasteiger partial charge is 0.150 e. The predicted molar refractivity (Wildman–Crippen MR) is 66.8 cm³/mol. The summed E-state index contributed by atoms with van der Waals surface area (Å²) >= 11 is 5.99. The number of hydrogen-bond acceptors (Lipinski definition) is 3. The van der Waals surface area contributed by atoms with Gasteiger partial charge in [0.25, 0.3) is 0 Å². The van der Waals surface area contributed by atoms with Crippen molar-refractivity contribution in [2.24, 2.45) is 0 Å². The minimum Gasteiger partial charge on any atom is -0.454 e. The quantitative estimate of drug-likeness (QED) is 0.784. The summed E-state index contributed by atoms with van der Waals surface area (Å²) in [6, 6.07) is 12.3. The number of ether oxygens (including phenoxy) is 1. The molecule has 82 valence electrons. The molecule has 3 nitrogen and oxygen atoms in total. The average molecular weight is 235 g/mol.